The number of aromatic nitrogens is 1. The van der Waals surface area contributed by atoms with E-state index in [1.807, 2.05) is 19.2 Å². The van der Waals surface area contributed by atoms with Crippen LogP contribution < -0.4 is 5.32 Å². The third-order valence-electron chi connectivity index (χ3n) is 2.13. The van der Waals surface area contributed by atoms with Gasteiger partial charge in [-0.3, -0.25) is 0 Å². The third-order valence-corrected chi connectivity index (χ3v) is 3.10. The number of hydrogen-bond donors (Lipinski definition) is 2. The molecule has 0 aromatic carbocycles. The van der Waals surface area contributed by atoms with Gasteiger partial charge in [0.15, 0.2) is 0 Å². The molecule has 1 rings (SSSR count). The molecular formula is C11H20N2OS. The quantitative estimate of drug-likeness (QED) is 0.729. The smallest absolute Gasteiger partial charge is 0.0957 e. The minimum Gasteiger partial charge on any atom is -0.388 e. The van der Waals surface area contributed by atoms with Crippen LogP contribution in [0.5, 0.6) is 0 Å². The molecule has 86 valence electrons. The van der Waals surface area contributed by atoms with Crippen LogP contribution in [0.4, 0.5) is 0 Å². The molecule has 0 amide bonds. The predicted octanol–water partition coefficient (Wildman–Crippen LogP) is 1.74. The van der Waals surface area contributed by atoms with Gasteiger partial charge in [0.25, 0.3) is 0 Å². The Morgan fingerprint density at radius 2 is 2.33 bits per heavy atom. The third kappa shape index (κ3) is 4.73. The topological polar surface area (TPSA) is 45.1 Å². The van der Waals surface area contributed by atoms with Crippen molar-refractivity contribution in [3.8, 4) is 0 Å². The van der Waals surface area contributed by atoms with Gasteiger partial charge in [-0.05, 0) is 26.8 Å². The van der Waals surface area contributed by atoms with Crippen molar-refractivity contribution in [3.63, 3.8) is 0 Å². The number of nitrogens with one attached hydrogen (secondary N) is 1. The molecular weight excluding hydrogens is 208 g/mol. The van der Waals surface area contributed by atoms with E-state index < -0.39 is 5.60 Å². The molecule has 3 nitrogen and oxygen atoms in total. The SMILES string of the molecule is CCCNCC(C)(O)Cc1nc(C)cs1. The van der Waals surface area contributed by atoms with Crippen molar-refractivity contribution in [2.45, 2.75) is 39.2 Å². The van der Waals surface area contributed by atoms with Gasteiger partial charge in [-0.2, -0.15) is 0 Å². The lowest BCUT2D eigenvalue weighted by atomic mass is 10.0. The highest BCUT2D eigenvalue weighted by Gasteiger charge is 2.21. The van der Waals surface area contributed by atoms with Gasteiger partial charge in [0.05, 0.1) is 10.6 Å². The molecule has 4 heteroatoms. The molecule has 0 saturated carbocycles. The normalized spacial score (nSPS) is 15.2. The zero-order valence-electron chi connectivity index (χ0n) is 9.71. The maximum Gasteiger partial charge on any atom is 0.0957 e. The highest BCUT2D eigenvalue weighted by atomic mass is 32.1. The van der Waals surface area contributed by atoms with E-state index >= 15 is 0 Å². The molecule has 1 aromatic rings. The average molecular weight is 228 g/mol. The first-order valence-corrected chi connectivity index (χ1v) is 6.25. The fraction of sp³-hybridized carbons (Fsp3) is 0.727. The van der Waals surface area contributed by atoms with E-state index in [0.717, 1.165) is 23.7 Å². The van der Waals surface area contributed by atoms with E-state index in [0.29, 0.717) is 13.0 Å². The summed E-state index contributed by atoms with van der Waals surface area (Å²) in [6.45, 7) is 7.52. The highest BCUT2D eigenvalue weighted by Crippen LogP contribution is 2.16. The van der Waals surface area contributed by atoms with Crippen LogP contribution >= 0.6 is 11.3 Å². The van der Waals surface area contributed by atoms with E-state index in [1.165, 1.54) is 0 Å². The van der Waals surface area contributed by atoms with Gasteiger partial charge in [-0.1, -0.05) is 6.92 Å². The Kier molecular flexibility index (Phi) is 4.70. The first-order chi connectivity index (χ1) is 7.03. The number of rotatable bonds is 6. The molecule has 0 radical (unpaired) electrons. The second-order valence-corrected chi connectivity index (χ2v) is 5.18. The van der Waals surface area contributed by atoms with Crippen LogP contribution in [0.3, 0.4) is 0 Å². The summed E-state index contributed by atoms with van der Waals surface area (Å²) in [6.07, 6.45) is 1.72. The summed E-state index contributed by atoms with van der Waals surface area (Å²) in [7, 11) is 0. The summed E-state index contributed by atoms with van der Waals surface area (Å²) in [5.41, 5.74) is 0.340. The predicted molar refractivity (Wildman–Crippen MR) is 64.3 cm³/mol. The first kappa shape index (κ1) is 12.6. The van der Waals surface area contributed by atoms with Crippen molar-refractivity contribution >= 4 is 11.3 Å². The zero-order chi connectivity index (χ0) is 11.3. The van der Waals surface area contributed by atoms with Gasteiger partial charge in [0, 0.05) is 24.0 Å². The van der Waals surface area contributed by atoms with E-state index in [9.17, 15) is 5.11 Å². The van der Waals surface area contributed by atoms with Gasteiger partial charge in [-0.25, -0.2) is 4.98 Å². The molecule has 15 heavy (non-hydrogen) atoms. The fourth-order valence-electron chi connectivity index (χ4n) is 1.41. The standard InChI is InChI=1S/C11H20N2OS/c1-4-5-12-8-11(3,14)6-10-13-9(2)7-15-10/h7,12,14H,4-6,8H2,1-3H3. The Labute approximate surface area is 95.6 Å². The lowest BCUT2D eigenvalue weighted by Crippen LogP contribution is -2.39. The minimum absolute atomic E-state index is 0.624. The maximum absolute atomic E-state index is 10.1. The largest absolute Gasteiger partial charge is 0.388 e. The van der Waals surface area contributed by atoms with Crippen LogP contribution in [-0.4, -0.2) is 28.8 Å². The van der Waals surface area contributed by atoms with Crippen molar-refractivity contribution in [2.24, 2.45) is 0 Å². The van der Waals surface area contributed by atoms with Crippen LogP contribution in [0.25, 0.3) is 0 Å². The van der Waals surface area contributed by atoms with Crippen molar-refractivity contribution in [1.29, 1.82) is 0 Å². The molecule has 0 fully saturated rings. The van der Waals surface area contributed by atoms with Crippen molar-refractivity contribution in [3.05, 3.63) is 16.1 Å². The summed E-state index contributed by atoms with van der Waals surface area (Å²) in [6, 6.07) is 0. The average Bonchev–Trinajstić information content (AvgIpc) is 2.50. The van der Waals surface area contributed by atoms with Crippen LogP contribution in [0, 0.1) is 6.92 Å². The Morgan fingerprint density at radius 3 is 2.87 bits per heavy atom. The molecule has 1 aromatic heterocycles. The summed E-state index contributed by atoms with van der Waals surface area (Å²) in [4.78, 5) is 4.35. The lowest BCUT2D eigenvalue weighted by molar-refractivity contribution is 0.0603. The molecule has 0 aliphatic rings. The van der Waals surface area contributed by atoms with Crippen LogP contribution in [-0.2, 0) is 6.42 Å². The molecule has 2 N–H and O–H groups in total. The molecule has 1 unspecified atom stereocenters. The molecule has 1 atom stereocenters. The summed E-state index contributed by atoms with van der Waals surface area (Å²) in [5.74, 6) is 0. The van der Waals surface area contributed by atoms with E-state index in [2.05, 4.69) is 17.2 Å². The van der Waals surface area contributed by atoms with E-state index in [4.69, 9.17) is 0 Å². The summed E-state index contributed by atoms with van der Waals surface area (Å²) in [5, 5.41) is 16.4. The summed E-state index contributed by atoms with van der Waals surface area (Å²) >= 11 is 1.62. The lowest BCUT2D eigenvalue weighted by Gasteiger charge is -2.22. The van der Waals surface area contributed by atoms with Gasteiger partial charge < -0.3 is 10.4 Å². The first-order valence-electron chi connectivity index (χ1n) is 5.37. The summed E-state index contributed by atoms with van der Waals surface area (Å²) < 4.78 is 0. The van der Waals surface area contributed by atoms with Gasteiger partial charge in [0.2, 0.25) is 0 Å². The van der Waals surface area contributed by atoms with Crippen molar-refractivity contribution < 1.29 is 5.11 Å². The molecule has 0 aliphatic carbocycles. The second-order valence-electron chi connectivity index (χ2n) is 4.23. The second kappa shape index (κ2) is 5.58. The van der Waals surface area contributed by atoms with Crippen LogP contribution in [0.2, 0.25) is 0 Å². The monoisotopic (exact) mass is 228 g/mol. The number of thiazole rings is 1. The molecule has 0 bridgehead atoms. The molecule has 0 spiro atoms. The number of hydrogen-bond acceptors (Lipinski definition) is 4. The van der Waals surface area contributed by atoms with Crippen LogP contribution in [0.1, 0.15) is 31.0 Å². The molecule has 0 aliphatic heterocycles. The van der Waals surface area contributed by atoms with Crippen molar-refractivity contribution in [1.82, 2.24) is 10.3 Å². The van der Waals surface area contributed by atoms with Gasteiger partial charge in [0.1, 0.15) is 0 Å². The molecule has 0 saturated heterocycles. The number of aryl methyl sites for hydroxylation is 1. The molecule has 1 heterocycles. The Hall–Kier alpha value is -0.450. The Morgan fingerprint density at radius 1 is 1.60 bits per heavy atom. The van der Waals surface area contributed by atoms with E-state index in [-0.39, 0.29) is 0 Å². The Bertz CT molecular complexity index is 297. The van der Waals surface area contributed by atoms with Gasteiger partial charge in [-0.15, -0.1) is 11.3 Å². The minimum atomic E-state index is -0.695. The van der Waals surface area contributed by atoms with Gasteiger partial charge >= 0.3 is 0 Å². The number of aliphatic hydroxyl groups is 1. The van der Waals surface area contributed by atoms with Crippen LogP contribution in [0.15, 0.2) is 5.38 Å². The maximum atomic E-state index is 10.1. The highest BCUT2D eigenvalue weighted by molar-refractivity contribution is 7.09. The number of nitrogens with zero attached hydrogens (tertiary/aromatic N) is 1. The Balaban J connectivity index is 2.41. The van der Waals surface area contributed by atoms with E-state index in [1.54, 1.807) is 11.3 Å². The fourth-order valence-corrected chi connectivity index (χ4v) is 2.36. The van der Waals surface area contributed by atoms with Crippen molar-refractivity contribution in [2.75, 3.05) is 13.1 Å². The zero-order valence-corrected chi connectivity index (χ0v) is 10.5.